The zero-order valence-corrected chi connectivity index (χ0v) is 20.1. The van der Waals surface area contributed by atoms with Gasteiger partial charge in [0.15, 0.2) is 6.17 Å². The predicted octanol–water partition coefficient (Wildman–Crippen LogP) is 1.67. The Labute approximate surface area is 204 Å². The van der Waals surface area contributed by atoms with E-state index in [2.05, 4.69) is 10.0 Å². The third-order valence-corrected chi connectivity index (χ3v) is 6.33. The highest BCUT2D eigenvalue weighted by Gasteiger charge is 2.40. The second-order valence-corrected chi connectivity index (χ2v) is 9.10. The SMILES string of the molecule is CC(C)c1cc(C2N(CCO)N=C(C(N)=O)N2c2ccc(CN3CCOCC3)cc2)c(O)cc1O. The first-order chi connectivity index (χ1) is 16.8. The zero-order chi connectivity index (χ0) is 25.1. The molecule has 1 atom stereocenters. The number of morpholine rings is 1. The molecule has 0 spiro atoms. The normalized spacial score (nSPS) is 18.9. The number of hydrazone groups is 1. The number of hydrogen-bond donors (Lipinski definition) is 4. The van der Waals surface area contributed by atoms with Crippen LogP contribution in [0.4, 0.5) is 5.69 Å². The summed E-state index contributed by atoms with van der Waals surface area (Å²) in [6, 6.07) is 10.8. The van der Waals surface area contributed by atoms with Crippen molar-refractivity contribution in [2.45, 2.75) is 32.5 Å². The highest BCUT2D eigenvalue weighted by atomic mass is 16.5. The summed E-state index contributed by atoms with van der Waals surface area (Å²) in [4.78, 5) is 16.4. The second-order valence-electron chi connectivity index (χ2n) is 9.10. The van der Waals surface area contributed by atoms with Crippen LogP contribution in [0.3, 0.4) is 0 Å². The minimum absolute atomic E-state index is 0.00273. The van der Waals surface area contributed by atoms with E-state index in [1.165, 1.54) is 11.1 Å². The van der Waals surface area contributed by atoms with E-state index in [0.717, 1.165) is 38.4 Å². The quantitative estimate of drug-likeness (QED) is 0.445. The molecule has 2 aromatic rings. The summed E-state index contributed by atoms with van der Waals surface area (Å²) in [6.45, 7) is 7.77. The van der Waals surface area contributed by atoms with Gasteiger partial charge in [-0.05, 0) is 35.2 Å². The number of nitrogens with two attached hydrogens (primary N) is 1. The van der Waals surface area contributed by atoms with Crippen molar-refractivity contribution in [1.82, 2.24) is 9.91 Å². The molecule has 1 fully saturated rings. The van der Waals surface area contributed by atoms with E-state index in [1.807, 2.05) is 38.1 Å². The molecule has 10 heteroatoms. The number of primary amides is 1. The number of aliphatic hydroxyl groups is 1. The average Bonchev–Trinajstić information content (AvgIpc) is 3.20. The molecule has 0 saturated carbocycles. The first-order valence-electron chi connectivity index (χ1n) is 11.8. The summed E-state index contributed by atoms with van der Waals surface area (Å²) >= 11 is 0. The molecule has 1 saturated heterocycles. The number of phenolic OH excluding ortho intramolecular Hbond substituents is 2. The molecule has 2 heterocycles. The number of ether oxygens (including phenoxy) is 1. The molecule has 0 aromatic heterocycles. The van der Waals surface area contributed by atoms with Gasteiger partial charge < -0.3 is 25.8 Å². The van der Waals surface area contributed by atoms with Crippen molar-refractivity contribution in [3.63, 3.8) is 0 Å². The van der Waals surface area contributed by atoms with Crippen LogP contribution in [0.1, 0.15) is 42.6 Å². The topological polar surface area (TPSA) is 135 Å². The maximum Gasteiger partial charge on any atom is 0.286 e. The number of benzene rings is 2. The van der Waals surface area contributed by atoms with E-state index >= 15 is 0 Å². The van der Waals surface area contributed by atoms with Crippen molar-refractivity contribution < 1.29 is 24.9 Å². The third kappa shape index (κ3) is 5.19. The Hall–Kier alpha value is -3.34. The summed E-state index contributed by atoms with van der Waals surface area (Å²) in [7, 11) is 0. The van der Waals surface area contributed by atoms with Gasteiger partial charge in [-0.15, -0.1) is 0 Å². The Bertz CT molecular complexity index is 1080. The van der Waals surface area contributed by atoms with Crippen LogP contribution in [0.5, 0.6) is 11.5 Å². The number of aromatic hydroxyl groups is 2. The van der Waals surface area contributed by atoms with Crippen LogP contribution in [0.25, 0.3) is 0 Å². The van der Waals surface area contributed by atoms with Crippen molar-refractivity contribution in [1.29, 1.82) is 0 Å². The Balaban J connectivity index is 1.73. The fourth-order valence-corrected chi connectivity index (χ4v) is 4.54. The lowest BCUT2D eigenvalue weighted by Crippen LogP contribution is -2.41. The van der Waals surface area contributed by atoms with Crippen molar-refractivity contribution in [2.75, 3.05) is 44.4 Å². The van der Waals surface area contributed by atoms with Gasteiger partial charge in [-0.1, -0.05) is 26.0 Å². The molecule has 2 aliphatic rings. The molecule has 10 nitrogen and oxygen atoms in total. The maximum absolute atomic E-state index is 12.4. The number of β-amino-alcohol motifs (C(OH)–C–C–N with tert-alkyl or cyclic N) is 1. The molecular weight excluding hydrogens is 450 g/mol. The summed E-state index contributed by atoms with van der Waals surface area (Å²) in [6.07, 6.45) is -0.743. The third-order valence-electron chi connectivity index (χ3n) is 6.33. The lowest BCUT2D eigenvalue weighted by atomic mass is 9.97. The number of amidine groups is 1. The van der Waals surface area contributed by atoms with Crippen LogP contribution in [-0.2, 0) is 16.1 Å². The molecule has 0 radical (unpaired) electrons. The number of anilines is 1. The number of hydrogen-bond acceptors (Lipinski definition) is 9. The van der Waals surface area contributed by atoms with Gasteiger partial charge in [-0.2, -0.15) is 5.10 Å². The predicted molar refractivity (Wildman–Crippen MR) is 132 cm³/mol. The highest BCUT2D eigenvalue weighted by molar-refractivity contribution is 6.43. The number of amides is 1. The first-order valence-corrected chi connectivity index (χ1v) is 11.8. The Morgan fingerprint density at radius 3 is 2.43 bits per heavy atom. The van der Waals surface area contributed by atoms with Crippen LogP contribution in [0, 0.1) is 0 Å². The number of rotatable bonds is 8. The van der Waals surface area contributed by atoms with E-state index in [4.69, 9.17) is 10.5 Å². The Morgan fingerprint density at radius 2 is 1.83 bits per heavy atom. The van der Waals surface area contributed by atoms with Crippen LogP contribution in [-0.4, -0.2) is 76.4 Å². The average molecular weight is 484 g/mol. The fourth-order valence-electron chi connectivity index (χ4n) is 4.54. The number of carbonyl (C=O) groups excluding carboxylic acids is 1. The first kappa shape index (κ1) is 24.8. The van der Waals surface area contributed by atoms with Crippen molar-refractivity contribution >= 4 is 17.4 Å². The molecule has 0 aliphatic carbocycles. The van der Waals surface area contributed by atoms with Gasteiger partial charge in [-0.25, -0.2) is 0 Å². The molecular formula is C25H33N5O5. The van der Waals surface area contributed by atoms with Gasteiger partial charge in [-0.3, -0.25) is 19.6 Å². The fraction of sp³-hybridized carbons (Fsp3) is 0.440. The van der Waals surface area contributed by atoms with Crippen LogP contribution >= 0.6 is 0 Å². The minimum Gasteiger partial charge on any atom is -0.508 e. The lowest BCUT2D eigenvalue weighted by Gasteiger charge is -2.32. The molecule has 1 amide bonds. The van der Waals surface area contributed by atoms with Crippen molar-refractivity contribution in [3.05, 3.63) is 53.1 Å². The summed E-state index contributed by atoms with van der Waals surface area (Å²) in [5.74, 6) is -0.887. The molecule has 5 N–H and O–H groups in total. The van der Waals surface area contributed by atoms with Gasteiger partial charge in [0.05, 0.1) is 26.4 Å². The van der Waals surface area contributed by atoms with Gasteiger partial charge >= 0.3 is 0 Å². The van der Waals surface area contributed by atoms with Gasteiger partial charge in [0.1, 0.15) is 11.5 Å². The number of nitrogens with zero attached hydrogens (tertiary/aromatic N) is 4. The number of carbonyl (C=O) groups is 1. The standard InChI is InChI=1S/C25H33N5O5/c1-16(2)19-13-20(22(33)14-21(19)32)25-29(7-10-31)27-24(23(26)34)30(25)18-5-3-17(4-6-18)15-28-8-11-35-12-9-28/h3-6,13-14,16,25,31-33H,7-12,15H2,1-2H3,(H2,26,34). The highest BCUT2D eigenvalue weighted by Crippen LogP contribution is 2.42. The van der Waals surface area contributed by atoms with Crippen molar-refractivity contribution in [2.24, 2.45) is 10.8 Å². The van der Waals surface area contributed by atoms with Gasteiger partial charge in [0.2, 0.25) is 5.84 Å². The zero-order valence-electron chi connectivity index (χ0n) is 20.1. The molecule has 2 aromatic carbocycles. The van der Waals surface area contributed by atoms with Crippen LogP contribution in [0.15, 0.2) is 41.5 Å². The van der Waals surface area contributed by atoms with Crippen molar-refractivity contribution in [3.8, 4) is 11.5 Å². The van der Waals surface area contributed by atoms with Gasteiger partial charge in [0, 0.05) is 37.0 Å². The Kier molecular flexibility index (Phi) is 7.44. The molecule has 0 bridgehead atoms. The largest absolute Gasteiger partial charge is 0.508 e. The van der Waals surface area contributed by atoms with E-state index in [1.54, 1.807) is 11.0 Å². The van der Waals surface area contributed by atoms with Crippen LogP contribution < -0.4 is 10.6 Å². The second kappa shape index (κ2) is 10.5. The van der Waals surface area contributed by atoms with E-state index in [-0.39, 0.29) is 36.4 Å². The van der Waals surface area contributed by atoms with Crippen LogP contribution in [0.2, 0.25) is 0 Å². The van der Waals surface area contributed by atoms with Gasteiger partial charge in [0.25, 0.3) is 5.91 Å². The maximum atomic E-state index is 12.4. The minimum atomic E-state index is -0.743. The van der Waals surface area contributed by atoms with E-state index in [0.29, 0.717) is 16.8 Å². The Morgan fingerprint density at radius 1 is 1.14 bits per heavy atom. The number of phenols is 2. The van der Waals surface area contributed by atoms with E-state index < -0.39 is 12.1 Å². The summed E-state index contributed by atoms with van der Waals surface area (Å²) in [5.41, 5.74) is 8.57. The lowest BCUT2D eigenvalue weighted by molar-refractivity contribution is -0.112. The number of aliphatic hydroxyl groups excluding tert-OH is 1. The monoisotopic (exact) mass is 483 g/mol. The molecule has 2 aliphatic heterocycles. The molecule has 35 heavy (non-hydrogen) atoms. The van der Waals surface area contributed by atoms with E-state index in [9.17, 15) is 20.1 Å². The summed E-state index contributed by atoms with van der Waals surface area (Å²) in [5, 5.41) is 36.7. The molecule has 188 valence electrons. The molecule has 1 unspecified atom stereocenters. The molecule has 4 rings (SSSR count). The summed E-state index contributed by atoms with van der Waals surface area (Å²) < 4.78 is 5.42. The smallest absolute Gasteiger partial charge is 0.286 e.